The van der Waals surface area contributed by atoms with E-state index in [0.717, 1.165) is 17.0 Å². The Balaban J connectivity index is 2.22. The second-order valence-electron chi connectivity index (χ2n) is 4.34. The van der Waals surface area contributed by atoms with Gasteiger partial charge in [0.15, 0.2) is 0 Å². The molecule has 1 aromatic heterocycles. The van der Waals surface area contributed by atoms with E-state index >= 15 is 0 Å². The highest BCUT2D eigenvalue weighted by atomic mass is 32.1. The predicted molar refractivity (Wildman–Crippen MR) is 71.3 cm³/mol. The summed E-state index contributed by atoms with van der Waals surface area (Å²) in [5.41, 5.74) is 2.12. The van der Waals surface area contributed by atoms with Crippen molar-refractivity contribution in [2.45, 2.75) is 19.8 Å². The summed E-state index contributed by atoms with van der Waals surface area (Å²) in [6, 6.07) is 8.03. The SMILES string of the molecule is CC(C)c1nc2c(s1)C=COc1ccccc1-2. The lowest BCUT2D eigenvalue weighted by Gasteiger charge is -2.04. The van der Waals surface area contributed by atoms with Gasteiger partial charge in [0.05, 0.1) is 21.8 Å². The Kier molecular flexibility index (Phi) is 2.48. The molecule has 0 bridgehead atoms. The van der Waals surface area contributed by atoms with Gasteiger partial charge in [0.2, 0.25) is 0 Å². The number of rotatable bonds is 1. The molecule has 3 rings (SSSR count). The second-order valence-corrected chi connectivity index (χ2v) is 5.40. The number of hydrogen-bond donors (Lipinski definition) is 0. The van der Waals surface area contributed by atoms with Crippen molar-refractivity contribution in [3.8, 4) is 17.0 Å². The van der Waals surface area contributed by atoms with Crippen LogP contribution in [0.1, 0.15) is 29.7 Å². The van der Waals surface area contributed by atoms with E-state index in [0.29, 0.717) is 5.92 Å². The summed E-state index contributed by atoms with van der Waals surface area (Å²) in [5, 5.41) is 1.18. The van der Waals surface area contributed by atoms with Gasteiger partial charge in [-0.1, -0.05) is 26.0 Å². The summed E-state index contributed by atoms with van der Waals surface area (Å²) in [7, 11) is 0. The quantitative estimate of drug-likeness (QED) is 0.745. The number of fused-ring (bicyclic) bond motifs is 3. The maximum Gasteiger partial charge on any atom is 0.135 e. The van der Waals surface area contributed by atoms with E-state index in [1.54, 1.807) is 17.6 Å². The molecule has 0 radical (unpaired) electrons. The zero-order valence-corrected chi connectivity index (χ0v) is 10.6. The molecule has 1 aromatic carbocycles. The number of hydrogen-bond acceptors (Lipinski definition) is 3. The maximum absolute atomic E-state index is 5.58. The van der Waals surface area contributed by atoms with Gasteiger partial charge in [-0.3, -0.25) is 0 Å². The molecule has 1 aliphatic heterocycles. The predicted octanol–water partition coefficient (Wildman–Crippen LogP) is 4.30. The van der Waals surface area contributed by atoms with E-state index in [1.807, 2.05) is 24.3 Å². The van der Waals surface area contributed by atoms with Crippen molar-refractivity contribution in [1.29, 1.82) is 0 Å². The molecule has 0 atom stereocenters. The fourth-order valence-corrected chi connectivity index (χ4v) is 2.81. The smallest absolute Gasteiger partial charge is 0.135 e. The number of benzene rings is 1. The normalized spacial score (nSPS) is 12.9. The molecule has 2 aromatic rings. The summed E-state index contributed by atoms with van der Waals surface area (Å²) in [5.74, 6) is 1.34. The van der Waals surface area contributed by atoms with Crippen LogP contribution in [0.4, 0.5) is 0 Å². The number of para-hydroxylation sites is 1. The average Bonchev–Trinajstić information content (AvgIpc) is 2.67. The first kappa shape index (κ1) is 10.5. The van der Waals surface area contributed by atoms with Crippen molar-refractivity contribution in [3.05, 3.63) is 40.4 Å². The van der Waals surface area contributed by atoms with Crippen molar-refractivity contribution >= 4 is 17.4 Å². The van der Waals surface area contributed by atoms with E-state index in [2.05, 4.69) is 19.9 Å². The summed E-state index contributed by atoms with van der Waals surface area (Å²) in [6.07, 6.45) is 3.74. The van der Waals surface area contributed by atoms with Crippen LogP contribution in [0, 0.1) is 0 Å². The zero-order chi connectivity index (χ0) is 11.8. The molecule has 0 aliphatic carbocycles. The Hall–Kier alpha value is -1.61. The number of aromatic nitrogens is 1. The van der Waals surface area contributed by atoms with Gasteiger partial charge in [0.1, 0.15) is 5.75 Å². The first-order valence-corrected chi connectivity index (χ1v) is 6.50. The molecule has 0 amide bonds. The topological polar surface area (TPSA) is 22.1 Å². The van der Waals surface area contributed by atoms with Crippen molar-refractivity contribution in [3.63, 3.8) is 0 Å². The first-order valence-electron chi connectivity index (χ1n) is 5.69. The van der Waals surface area contributed by atoms with Crippen LogP contribution in [0.3, 0.4) is 0 Å². The standard InChI is InChI=1S/C14H13NOS/c1-9(2)14-15-13-10-5-3-4-6-11(10)16-8-7-12(13)17-14/h3-9H,1-2H3. The molecule has 0 fully saturated rings. The van der Waals surface area contributed by atoms with E-state index in [-0.39, 0.29) is 0 Å². The molecule has 0 saturated heterocycles. The van der Waals surface area contributed by atoms with E-state index in [4.69, 9.17) is 9.72 Å². The fourth-order valence-electron chi connectivity index (χ4n) is 1.84. The highest BCUT2D eigenvalue weighted by Crippen LogP contribution is 2.38. The molecule has 17 heavy (non-hydrogen) atoms. The van der Waals surface area contributed by atoms with Gasteiger partial charge in [-0.2, -0.15) is 0 Å². The molecule has 0 unspecified atom stereocenters. The molecule has 2 heterocycles. The van der Waals surface area contributed by atoms with Crippen molar-refractivity contribution in [2.75, 3.05) is 0 Å². The Labute approximate surface area is 105 Å². The summed E-state index contributed by atoms with van der Waals surface area (Å²) in [6.45, 7) is 4.34. The van der Waals surface area contributed by atoms with Gasteiger partial charge in [-0.25, -0.2) is 4.98 Å². The van der Waals surface area contributed by atoms with Crippen LogP contribution in [-0.2, 0) is 0 Å². The molecule has 0 N–H and O–H groups in total. The first-order chi connectivity index (χ1) is 8.25. The lowest BCUT2D eigenvalue weighted by molar-refractivity contribution is 0.488. The Morgan fingerprint density at radius 2 is 2.06 bits per heavy atom. The minimum Gasteiger partial charge on any atom is -0.464 e. The minimum atomic E-state index is 0.466. The van der Waals surface area contributed by atoms with Crippen LogP contribution in [0.25, 0.3) is 17.3 Å². The maximum atomic E-state index is 5.58. The van der Waals surface area contributed by atoms with Crippen molar-refractivity contribution < 1.29 is 4.74 Å². The van der Waals surface area contributed by atoms with Gasteiger partial charge in [-0.05, 0) is 18.2 Å². The van der Waals surface area contributed by atoms with Gasteiger partial charge in [-0.15, -0.1) is 11.3 Å². The monoisotopic (exact) mass is 243 g/mol. The van der Waals surface area contributed by atoms with Crippen molar-refractivity contribution in [2.24, 2.45) is 0 Å². The van der Waals surface area contributed by atoms with Crippen molar-refractivity contribution in [1.82, 2.24) is 4.98 Å². The van der Waals surface area contributed by atoms with E-state index in [9.17, 15) is 0 Å². The largest absolute Gasteiger partial charge is 0.464 e. The molecule has 1 aliphatic rings. The number of ether oxygens (including phenoxy) is 1. The highest BCUT2D eigenvalue weighted by molar-refractivity contribution is 7.13. The van der Waals surface area contributed by atoms with Gasteiger partial charge in [0, 0.05) is 11.5 Å². The lowest BCUT2D eigenvalue weighted by Crippen LogP contribution is -1.88. The molecule has 86 valence electrons. The van der Waals surface area contributed by atoms with Crippen LogP contribution in [-0.4, -0.2) is 4.98 Å². The van der Waals surface area contributed by atoms with Crippen LogP contribution in [0.5, 0.6) is 5.75 Å². The summed E-state index contributed by atoms with van der Waals surface area (Å²) in [4.78, 5) is 5.92. The lowest BCUT2D eigenvalue weighted by atomic mass is 10.1. The fraction of sp³-hybridized carbons (Fsp3) is 0.214. The Morgan fingerprint density at radius 3 is 2.88 bits per heavy atom. The van der Waals surface area contributed by atoms with Crippen LogP contribution >= 0.6 is 11.3 Å². The highest BCUT2D eigenvalue weighted by Gasteiger charge is 2.18. The second kappa shape index (κ2) is 4.00. The third-order valence-corrected chi connectivity index (χ3v) is 4.04. The number of nitrogens with zero attached hydrogens (tertiary/aromatic N) is 1. The summed E-state index contributed by atoms with van der Waals surface area (Å²) >= 11 is 1.74. The van der Waals surface area contributed by atoms with Crippen LogP contribution in [0.2, 0.25) is 0 Å². The average molecular weight is 243 g/mol. The van der Waals surface area contributed by atoms with Crippen LogP contribution < -0.4 is 4.74 Å². The molecule has 0 spiro atoms. The third kappa shape index (κ3) is 1.76. The number of thiazole rings is 1. The van der Waals surface area contributed by atoms with E-state index in [1.165, 1.54) is 9.88 Å². The Morgan fingerprint density at radius 1 is 1.24 bits per heavy atom. The van der Waals surface area contributed by atoms with Gasteiger partial charge < -0.3 is 4.74 Å². The molecule has 3 heteroatoms. The van der Waals surface area contributed by atoms with E-state index < -0.39 is 0 Å². The summed E-state index contributed by atoms with van der Waals surface area (Å²) < 4.78 is 5.58. The zero-order valence-electron chi connectivity index (χ0n) is 9.81. The molecule has 0 saturated carbocycles. The molecular formula is C14H13NOS. The van der Waals surface area contributed by atoms with Gasteiger partial charge in [0.25, 0.3) is 0 Å². The minimum absolute atomic E-state index is 0.466. The van der Waals surface area contributed by atoms with Gasteiger partial charge >= 0.3 is 0 Å². The third-order valence-electron chi connectivity index (χ3n) is 2.72. The Bertz CT molecular complexity index is 584. The molecular weight excluding hydrogens is 230 g/mol. The molecule has 2 nitrogen and oxygen atoms in total. The van der Waals surface area contributed by atoms with Crippen LogP contribution in [0.15, 0.2) is 30.5 Å².